The Morgan fingerprint density at radius 3 is 2.55 bits per heavy atom. The van der Waals surface area contributed by atoms with Crippen LogP contribution in [-0.4, -0.2) is 38.9 Å². The number of hydrogen-bond acceptors (Lipinski definition) is 3. The summed E-state index contributed by atoms with van der Waals surface area (Å²) in [6.45, 7) is 3.82. The van der Waals surface area contributed by atoms with Gasteiger partial charge in [-0.25, -0.2) is 14.5 Å². The lowest BCUT2D eigenvalue weighted by molar-refractivity contribution is -0.121. The lowest BCUT2D eigenvalue weighted by Gasteiger charge is -2.42. The Hall–Kier alpha value is -3.61. The van der Waals surface area contributed by atoms with Crippen LogP contribution in [0.25, 0.3) is 10.9 Å². The Morgan fingerprint density at radius 1 is 1.10 bits per heavy atom. The average molecular weight is 389 g/mol. The largest absolute Gasteiger partial charge is 0.478 e. The van der Waals surface area contributed by atoms with E-state index >= 15 is 0 Å². The quantitative estimate of drug-likeness (QED) is 0.656. The number of fused-ring (bicyclic) bond motifs is 4. The Kier molecular flexibility index (Phi) is 3.44. The summed E-state index contributed by atoms with van der Waals surface area (Å²) >= 11 is 0. The highest BCUT2D eigenvalue weighted by Crippen LogP contribution is 2.45. The molecule has 3 amide bonds. The number of carboxylic acids is 1. The van der Waals surface area contributed by atoms with Crippen LogP contribution >= 0.6 is 0 Å². The fourth-order valence-electron chi connectivity index (χ4n) is 4.72. The van der Waals surface area contributed by atoms with Gasteiger partial charge in [-0.05, 0) is 37.6 Å². The molecule has 0 radical (unpaired) electrons. The van der Waals surface area contributed by atoms with Crippen LogP contribution in [0.5, 0.6) is 0 Å². The monoisotopic (exact) mass is 389 g/mol. The van der Waals surface area contributed by atoms with Gasteiger partial charge in [-0.3, -0.25) is 4.79 Å². The molecule has 1 saturated heterocycles. The normalized spacial score (nSPS) is 20.1. The van der Waals surface area contributed by atoms with Gasteiger partial charge in [-0.1, -0.05) is 30.3 Å². The topological polar surface area (TPSA) is 93.7 Å². The number of hydrogen-bond donors (Lipinski definition) is 2. The van der Waals surface area contributed by atoms with E-state index in [1.54, 1.807) is 17.0 Å². The molecule has 1 atom stereocenters. The smallest absolute Gasteiger partial charge is 0.337 e. The second kappa shape index (κ2) is 5.70. The first-order valence-corrected chi connectivity index (χ1v) is 9.42. The molecule has 0 spiro atoms. The number of nitrogens with zero attached hydrogens (tertiary/aromatic N) is 2. The molecule has 2 aromatic carbocycles. The molecule has 2 aliphatic heterocycles. The van der Waals surface area contributed by atoms with Gasteiger partial charge < -0.3 is 15.0 Å². The van der Waals surface area contributed by atoms with Gasteiger partial charge in [-0.15, -0.1) is 0 Å². The first-order valence-electron chi connectivity index (χ1n) is 9.42. The summed E-state index contributed by atoms with van der Waals surface area (Å²) in [5.74, 6) is -1.57. The number of rotatable bonds is 2. The van der Waals surface area contributed by atoms with Crippen LogP contribution < -0.4 is 4.90 Å². The van der Waals surface area contributed by atoms with Crippen molar-refractivity contribution in [1.29, 1.82) is 0 Å². The summed E-state index contributed by atoms with van der Waals surface area (Å²) in [6.07, 6.45) is 0.388. The minimum atomic E-state index is -1.18. The van der Waals surface area contributed by atoms with E-state index in [9.17, 15) is 19.5 Å². The third-order valence-electron chi connectivity index (χ3n) is 6.02. The van der Waals surface area contributed by atoms with Gasteiger partial charge in [0.25, 0.3) is 5.91 Å². The second-order valence-electron chi connectivity index (χ2n) is 7.95. The number of carbonyl (C=O) groups excluding carboxylic acids is 2. The predicted molar refractivity (Wildman–Crippen MR) is 107 cm³/mol. The minimum absolute atomic E-state index is 0.0733. The average Bonchev–Trinajstić information content (AvgIpc) is 3.19. The zero-order valence-electron chi connectivity index (χ0n) is 16.0. The number of carboxylic acid groups (broad SMARTS) is 1. The number of urea groups is 1. The molecule has 7 heteroatoms. The Balaban J connectivity index is 1.66. The molecule has 29 heavy (non-hydrogen) atoms. The molecule has 1 aromatic heterocycles. The zero-order chi connectivity index (χ0) is 20.5. The van der Waals surface area contributed by atoms with Crippen LogP contribution in [0, 0.1) is 0 Å². The van der Waals surface area contributed by atoms with Crippen molar-refractivity contribution in [2.24, 2.45) is 0 Å². The third-order valence-corrected chi connectivity index (χ3v) is 6.02. The van der Waals surface area contributed by atoms with E-state index in [2.05, 4.69) is 4.98 Å². The molecule has 1 fully saturated rings. The van der Waals surface area contributed by atoms with Gasteiger partial charge in [-0.2, -0.15) is 0 Å². The number of benzene rings is 2. The lowest BCUT2D eigenvalue weighted by Crippen LogP contribution is -2.52. The molecule has 3 heterocycles. The van der Waals surface area contributed by atoms with Crippen LogP contribution in [0.4, 0.5) is 10.5 Å². The second-order valence-corrected chi connectivity index (χ2v) is 7.95. The first-order chi connectivity index (χ1) is 13.8. The lowest BCUT2D eigenvalue weighted by atomic mass is 9.85. The standard InChI is InChI=1S/C22H19N3O4/c1-22(2)18-14(12-7-3-5-9-15(12)23-18)11-17-19(26)24(21(29)25(17)22)16-10-6-4-8-13(16)20(27)28/h3-10,17,23H,11H2,1-2H3,(H,27,28)/t17-/m1/s1. The summed E-state index contributed by atoms with van der Waals surface area (Å²) in [4.78, 5) is 44.4. The number of H-pyrrole nitrogens is 1. The van der Waals surface area contributed by atoms with E-state index < -0.39 is 29.5 Å². The van der Waals surface area contributed by atoms with E-state index in [1.807, 2.05) is 38.1 Å². The third kappa shape index (κ3) is 2.21. The maximum atomic E-state index is 13.4. The Bertz CT molecular complexity index is 1210. The molecule has 2 aliphatic rings. The van der Waals surface area contributed by atoms with Gasteiger partial charge in [0, 0.05) is 23.0 Å². The van der Waals surface area contributed by atoms with Crippen LogP contribution in [0.3, 0.4) is 0 Å². The number of aromatic nitrogens is 1. The van der Waals surface area contributed by atoms with Crippen LogP contribution in [-0.2, 0) is 16.8 Å². The van der Waals surface area contributed by atoms with Crippen molar-refractivity contribution in [2.75, 3.05) is 4.90 Å². The highest BCUT2D eigenvalue weighted by Gasteiger charge is 2.56. The van der Waals surface area contributed by atoms with Crippen LogP contribution in [0.15, 0.2) is 48.5 Å². The molecule has 0 saturated carbocycles. The SMILES string of the molecule is CC1(C)c2[nH]c3ccccc3c2C[C@@H]2C(=O)N(c3ccccc3C(=O)O)C(=O)N21. The van der Waals surface area contributed by atoms with Crippen molar-refractivity contribution in [1.82, 2.24) is 9.88 Å². The number of aromatic carboxylic acids is 1. The van der Waals surface area contributed by atoms with Gasteiger partial charge in [0.05, 0.1) is 16.8 Å². The molecule has 7 nitrogen and oxygen atoms in total. The van der Waals surface area contributed by atoms with Gasteiger partial charge >= 0.3 is 12.0 Å². The number of carbonyl (C=O) groups is 3. The molecule has 2 N–H and O–H groups in total. The van der Waals surface area contributed by atoms with Crippen molar-refractivity contribution in [2.45, 2.75) is 31.8 Å². The maximum absolute atomic E-state index is 13.4. The van der Waals surface area contributed by atoms with Crippen molar-refractivity contribution in [3.8, 4) is 0 Å². The Labute approximate surface area is 166 Å². The summed E-state index contributed by atoms with van der Waals surface area (Å²) in [7, 11) is 0. The van der Waals surface area contributed by atoms with Gasteiger partial charge in [0.1, 0.15) is 6.04 Å². The van der Waals surface area contributed by atoms with Crippen molar-refractivity contribution < 1.29 is 19.5 Å². The van der Waals surface area contributed by atoms with E-state index in [0.29, 0.717) is 6.42 Å². The van der Waals surface area contributed by atoms with E-state index in [4.69, 9.17) is 0 Å². The highest BCUT2D eigenvalue weighted by molar-refractivity contribution is 6.23. The van der Waals surface area contributed by atoms with E-state index in [-0.39, 0.29) is 11.3 Å². The first kappa shape index (κ1) is 17.5. The molecular weight excluding hydrogens is 370 g/mol. The number of aromatic amines is 1. The molecule has 146 valence electrons. The summed E-state index contributed by atoms with van der Waals surface area (Å²) in [6, 6.07) is 12.8. The molecule has 3 aromatic rings. The molecule has 5 rings (SSSR count). The number of nitrogens with one attached hydrogen (secondary N) is 1. The van der Waals surface area contributed by atoms with Gasteiger partial charge in [0.2, 0.25) is 0 Å². The summed E-state index contributed by atoms with van der Waals surface area (Å²) in [5.41, 5.74) is 2.19. The van der Waals surface area contributed by atoms with E-state index in [1.165, 1.54) is 12.1 Å². The Morgan fingerprint density at radius 2 is 1.79 bits per heavy atom. The van der Waals surface area contributed by atoms with Gasteiger partial charge in [0.15, 0.2) is 0 Å². The maximum Gasteiger partial charge on any atom is 0.337 e. The molecule has 0 aliphatic carbocycles. The number of imide groups is 1. The highest BCUT2D eigenvalue weighted by atomic mass is 16.4. The van der Waals surface area contributed by atoms with E-state index in [0.717, 1.165) is 27.1 Å². The fraction of sp³-hybridized carbons (Fsp3) is 0.227. The summed E-state index contributed by atoms with van der Waals surface area (Å²) in [5, 5.41) is 10.6. The van der Waals surface area contributed by atoms with Crippen molar-refractivity contribution in [3.63, 3.8) is 0 Å². The predicted octanol–water partition coefficient (Wildman–Crippen LogP) is 3.49. The number of anilines is 1. The number of amides is 3. The summed E-state index contributed by atoms with van der Waals surface area (Å²) < 4.78 is 0. The van der Waals surface area contributed by atoms with Crippen molar-refractivity contribution in [3.05, 3.63) is 65.4 Å². The molecule has 0 bridgehead atoms. The zero-order valence-corrected chi connectivity index (χ0v) is 16.0. The molecule has 0 unspecified atom stereocenters. The van der Waals surface area contributed by atoms with Crippen molar-refractivity contribution >= 4 is 34.5 Å². The fourth-order valence-corrected chi connectivity index (χ4v) is 4.72. The molecular formula is C22H19N3O4. The van der Waals surface area contributed by atoms with Crippen LogP contribution in [0.1, 0.15) is 35.5 Å². The van der Waals surface area contributed by atoms with Crippen LogP contribution in [0.2, 0.25) is 0 Å². The minimum Gasteiger partial charge on any atom is -0.478 e. The number of para-hydroxylation sites is 2.